The van der Waals surface area contributed by atoms with E-state index in [1.54, 1.807) is 4.74 Å². The third-order valence-corrected chi connectivity index (χ3v) is 12.2. The van der Waals surface area contributed by atoms with Gasteiger partial charge in [0.15, 0.2) is 28.8 Å². The van der Waals surface area contributed by atoms with Crippen LogP contribution in [-0.4, -0.2) is 160 Å². The van der Waals surface area contributed by atoms with Crippen molar-refractivity contribution in [1.29, 1.82) is 0 Å². The van der Waals surface area contributed by atoms with Gasteiger partial charge >= 0.3 is 162 Å². The van der Waals surface area contributed by atoms with Gasteiger partial charge in [0.2, 0.25) is 0 Å². The summed E-state index contributed by atoms with van der Waals surface area (Å²) in [5, 5.41) is 0. The first-order chi connectivity index (χ1) is 52.0. The highest BCUT2D eigenvalue weighted by molar-refractivity contribution is 5.01. The molecule has 0 saturated carbocycles. The zero-order valence-electron chi connectivity index (χ0n) is 54.4. The smallest absolute Gasteiger partial charge is 0.399 e. The van der Waals surface area contributed by atoms with E-state index in [4.69, 9.17) is 0 Å². The summed E-state index contributed by atoms with van der Waals surface area (Å²) in [6.07, 6.45) is -91.9. The van der Waals surface area contributed by atoms with Crippen molar-refractivity contribution in [3.63, 3.8) is 0 Å². The summed E-state index contributed by atoms with van der Waals surface area (Å²) in [4.78, 5) is 52.0. The molecule has 0 aliphatic heterocycles. The lowest BCUT2D eigenvalue weighted by atomic mass is 10.1. The summed E-state index contributed by atoms with van der Waals surface area (Å²) in [5.41, 5.74) is 0. The Bertz CT molecular complexity index is 4220. The Morgan fingerprint density at radius 3 is 0.695 bits per heavy atom. The van der Waals surface area contributed by atoms with Gasteiger partial charge in [0.25, 0.3) is 0 Å². The predicted octanol–water partition coefficient (Wildman–Crippen LogP) is 18.1. The maximum atomic E-state index is 13.8. The molecule has 1 unspecified atom stereocenters. The summed E-state index contributed by atoms with van der Waals surface area (Å²) >= 11 is 0. The van der Waals surface area contributed by atoms with Crippen molar-refractivity contribution in [2.24, 2.45) is 0 Å². The lowest BCUT2D eigenvalue weighted by molar-refractivity contribution is -0.557. The number of rotatable bonds is 34. The van der Waals surface area contributed by atoms with Gasteiger partial charge in [-0.3, -0.25) is 4.74 Å². The molecule has 5 rings (SSSR count). The molecule has 0 radical (unpaired) electrons. The molecule has 1 atom stereocenters. The van der Waals surface area contributed by atoms with Crippen molar-refractivity contribution in [2.45, 2.75) is 184 Å². The zero-order chi connectivity index (χ0) is 93.4. The minimum atomic E-state index is -8.01. The van der Waals surface area contributed by atoms with Gasteiger partial charge in [-0.25, -0.2) is 28.7 Å². The summed E-state index contributed by atoms with van der Waals surface area (Å²) in [6.45, 7) is -5.90. The topological polar surface area (TPSA) is 272 Å². The van der Waals surface area contributed by atoms with Crippen LogP contribution in [0.1, 0.15) is 48.1 Å². The molecule has 69 heteroatoms. The van der Waals surface area contributed by atoms with Crippen molar-refractivity contribution in [3.8, 4) is 0 Å². The van der Waals surface area contributed by atoms with Gasteiger partial charge in [0, 0.05) is 20.0 Å². The van der Waals surface area contributed by atoms with Gasteiger partial charge < -0.3 is 63.1 Å². The van der Waals surface area contributed by atoms with E-state index in [0.29, 0.717) is 25.9 Å². The molecule has 0 saturated heterocycles. The second kappa shape index (κ2) is 36.4. The number of hydrogen-bond donors (Lipinski definition) is 0. The van der Waals surface area contributed by atoms with Gasteiger partial charge in [0.05, 0.1) is 58.3 Å². The van der Waals surface area contributed by atoms with Crippen LogP contribution in [0.3, 0.4) is 0 Å². The van der Waals surface area contributed by atoms with Crippen LogP contribution in [0.5, 0.6) is 0 Å². The second-order valence-corrected chi connectivity index (χ2v) is 21.3. The first kappa shape index (κ1) is 107. The molecule has 0 aliphatic rings. The van der Waals surface area contributed by atoms with Crippen molar-refractivity contribution >= 4 is 0 Å². The van der Waals surface area contributed by atoms with Gasteiger partial charge in [-0.2, -0.15) is 211 Å². The lowest BCUT2D eigenvalue weighted by Crippen LogP contribution is -2.67. The highest BCUT2D eigenvalue weighted by Crippen LogP contribution is 2.58. The summed E-state index contributed by atoms with van der Waals surface area (Å²) in [5.74, 6) is -72.3. The molecule has 0 aromatic carbocycles. The van der Waals surface area contributed by atoms with E-state index in [0.717, 1.165) is 0 Å². The standard InChI is InChI=1S/C12H3F17O5.C11H7F11O4.C10H7F9O4.C9H7F7O4.C7H6F4O4/c13-5(14,1-3-2-31-4(30)32-3)10(24,25)34-12(28,29)7(17,9(21,22)23)33-11(26,27)6(15,16)8(18,19)20;12-7(13,9(16,17)10(18,19)20)1-2-25-11(21,22)8(14,15)3-5-4-24-6(23)26-5;11-7(12,9(15,16)17)1-2-22-10(18,19)8(13,14)3-5-4-21-6(20)23-5;10-7(11,3-5-4-18-6(17)20-5)9(15,16)19-2-1-8(12,13)14;1-13-7(10,11)6(8,9)2-4-3-14-5(12)15-4/h2H,1H2;4H,1-3H2;4H,1-3H2;4H,1-3H2;3H,2H2,1H3. The van der Waals surface area contributed by atoms with Crippen molar-refractivity contribution in [2.75, 3.05) is 26.9 Å². The first-order valence-corrected chi connectivity index (χ1v) is 27.8. The van der Waals surface area contributed by atoms with Crippen LogP contribution in [0.25, 0.3) is 0 Å². The molecule has 0 aliphatic carbocycles. The van der Waals surface area contributed by atoms with Crippen LogP contribution in [0.2, 0.25) is 0 Å². The lowest BCUT2D eigenvalue weighted by Gasteiger charge is -2.39. The summed E-state index contributed by atoms with van der Waals surface area (Å²) in [7, 11) is 0.444. The molecule has 0 spiro atoms. The van der Waals surface area contributed by atoms with Crippen LogP contribution >= 0.6 is 0 Å². The van der Waals surface area contributed by atoms with Crippen molar-refractivity contribution in [1.82, 2.24) is 0 Å². The van der Waals surface area contributed by atoms with Crippen LogP contribution in [0.15, 0.2) is 99.5 Å². The van der Waals surface area contributed by atoms with Crippen molar-refractivity contribution < 1.29 is 283 Å². The van der Waals surface area contributed by atoms with Gasteiger partial charge in [-0.05, 0) is 0 Å². The third-order valence-electron chi connectivity index (χ3n) is 12.2. The number of methoxy groups -OCH3 is 1. The third kappa shape index (κ3) is 28.0. The van der Waals surface area contributed by atoms with E-state index in [1.807, 2.05) is 0 Å². The van der Waals surface area contributed by atoms with E-state index in [2.05, 4.69) is 63.1 Å². The van der Waals surface area contributed by atoms with Gasteiger partial charge in [0.1, 0.15) is 31.3 Å². The fourth-order valence-electron chi connectivity index (χ4n) is 6.21. The van der Waals surface area contributed by atoms with Crippen LogP contribution < -0.4 is 29.1 Å². The highest BCUT2D eigenvalue weighted by atomic mass is 19.5. The molecule has 0 fully saturated rings. The first-order valence-electron chi connectivity index (χ1n) is 27.8. The molecule has 5 aromatic rings. The normalized spacial score (nSPS) is 15.0. The Labute approximate surface area is 608 Å². The van der Waals surface area contributed by atoms with Crippen LogP contribution in [-0.2, 0) is 60.5 Å². The number of hydrogen-bond acceptors (Lipinski definition) is 21. The molecule has 5 aromatic heterocycles. The van der Waals surface area contributed by atoms with Gasteiger partial charge in [-0.1, -0.05) is 0 Å². The molecule has 21 nitrogen and oxygen atoms in total. The minimum Gasteiger partial charge on any atom is -0.399 e. The van der Waals surface area contributed by atoms with E-state index in [9.17, 15) is 235 Å². The monoisotopic (exact) mass is 1870 g/mol. The molecular formula is C49H30F48O21. The average molecular weight is 1870 g/mol. The Hall–Kier alpha value is -8.55. The maximum Gasteiger partial charge on any atom is 0.518 e. The molecule has 0 amide bonds. The Morgan fingerprint density at radius 1 is 0.246 bits per heavy atom. The van der Waals surface area contributed by atoms with E-state index >= 15 is 0 Å². The van der Waals surface area contributed by atoms with Crippen molar-refractivity contribution in [3.05, 3.63) is 113 Å². The second-order valence-electron chi connectivity index (χ2n) is 21.3. The largest absolute Gasteiger partial charge is 0.518 e. The molecule has 0 bridgehead atoms. The fourth-order valence-corrected chi connectivity index (χ4v) is 6.21. The minimum absolute atomic E-state index is 0.150. The zero-order valence-corrected chi connectivity index (χ0v) is 54.4. The predicted molar refractivity (Wildman–Crippen MR) is 259 cm³/mol. The van der Waals surface area contributed by atoms with Crippen LogP contribution in [0.4, 0.5) is 211 Å². The fraction of sp³-hybridized carbons (Fsp3) is 0.694. The average Bonchev–Trinajstić information content (AvgIpc) is 0.877. The molecule has 0 N–H and O–H groups in total. The van der Waals surface area contributed by atoms with Gasteiger partial charge in [-0.15, -0.1) is 0 Å². The number of halogens is 48. The Kier molecular flexibility index (Phi) is 33.2. The number of ether oxygens (including phenoxy) is 6. The molecule has 5 heterocycles. The SMILES string of the molecule is COC(F)(F)C(F)(F)Cc1coc(=O)o1.O=c1occ(CC(F)(F)C(F)(F)OC(F)(F)C(F)(OC(F)(F)C(F)(F)C(F)(F)F)C(F)(F)F)o1.O=c1occ(CC(F)(F)C(F)(F)OCCC(F)(F)C(F)(F)C(F)(F)F)o1.O=c1occ(CC(F)(F)C(F)(F)OCCC(F)(F)C(F)(F)F)o1.O=c1occ(CC(F)(F)C(F)(F)OCCC(F)(F)F)o1. The molecule has 118 heavy (non-hydrogen) atoms. The summed E-state index contributed by atoms with van der Waals surface area (Å²) < 4.78 is 665. The Balaban J connectivity index is 0.000000755. The molecular weight excluding hydrogens is 1840 g/mol. The summed E-state index contributed by atoms with van der Waals surface area (Å²) in [6, 6.07) is 0. The Morgan fingerprint density at radius 2 is 0.483 bits per heavy atom. The molecule has 688 valence electrons. The highest BCUT2D eigenvalue weighted by Gasteiger charge is 2.85. The van der Waals surface area contributed by atoms with E-state index < -0.39 is 262 Å². The van der Waals surface area contributed by atoms with E-state index in [1.165, 1.54) is 4.74 Å². The van der Waals surface area contributed by atoms with Crippen LogP contribution in [0, 0.1) is 0 Å². The number of alkyl halides is 48. The van der Waals surface area contributed by atoms with E-state index in [-0.39, 0.29) is 12.5 Å². The maximum absolute atomic E-state index is 13.8. The quantitative estimate of drug-likeness (QED) is 0.0346.